The lowest BCUT2D eigenvalue weighted by atomic mass is 10.1. The minimum absolute atomic E-state index is 0.124. The van der Waals surface area contributed by atoms with Crippen LogP contribution in [0.1, 0.15) is 15.9 Å². The van der Waals surface area contributed by atoms with Gasteiger partial charge in [0.25, 0.3) is 5.91 Å². The molecule has 0 aromatic heterocycles. The molecule has 1 aliphatic heterocycles. The van der Waals surface area contributed by atoms with Gasteiger partial charge < -0.3 is 24.6 Å². The van der Waals surface area contributed by atoms with Gasteiger partial charge in [-0.1, -0.05) is 18.2 Å². The number of rotatable bonds is 5. The molecule has 2 aromatic rings. The molecule has 2 N–H and O–H groups in total. The molecule has 2 aromatic carbocycles. The molecular weight excluding hydrogens is 326 g/mol. The van der Waals surface area contributed by atoms with E-state index in [4.69, 9.17) is 14.2 Å². The van der Waals surface area contributed by atoms with Gasteiger partial charge in [-0.15, -0.1) is 0 Å². The molecule has 0 unspecified atom stereocenters. The zero-order valence-electron chi connectivity index (χ0n) is 13.3. The summed E-state index contributed by atoms with van der Waals surface area (Å²) in [7, 11) is 1.44. The predicted octanol–water partition coefficient (Wildman–Crippen LogP) is 2.28. The normalized spacial score (nSPS) is 12.6. The van der Waals surface area contributed by atoms with Gasteiger partial charge in [0.05, 0.1) is 12.7 Å². The van der Waals surface area contributed by atoms with Crippen LogP contribution in [-0.2, 0) is 4.79 Å². The summed E-state index contributed by atoms with van der Waals surface area (Å²) in [5, 5.41) is 11.8. The molecule has 0 spiro atoms. The van der Waals surface area contributed by atoms with E-state index >= 15 is 0 Å². The van der Waals surface area contributed by atoms with Crippen molar-refractivity contribution in [2.75, 3.05) is 13.9 Å². The summed E-state index contributed by atoms with van der Waals surface area (Å²) in [5.74, 6) is -0.373. The number of para-hydroxylation sites is 1. The third-order valence-corrected chi connectivity index (χ3v) is 3.54. The summed E-state index contributed by atoms with van der Waals surface area (Å²) in [6, 6.07) is 11.5. The topological polar surface area (TPSA) is 94.1 Å². The smallest absolute Gasteiger partial charge is 0.352 e. The van der Waals surface area contributed by atoms with Crippen molar-refractivity contribution in [2.45, 2.75) is 0 Å². The standard InChI is InChI=1S/C18H15NO6/c1-23-14-5-3-2-4-12(14)17(20)19-13(18(21)22)8-11-6-7-15-16(9-11)25-10-24-15/h2-9H,10H2,1H3,(H,19,20)(H,21,22)/b13-8-. The minimum atomic E-state index is -1.26. The number of nitrogens with one attached hydrogen (secondary N) is 1. The van der Waals surface area contributed by atoms with Crippen molar-refractivity contribution in [2.24, 2.45) is 0 Å². The summed E-state index contributed by atoms with van der Waals surface area (Å²) in [6.45, 7) is 0.124. The maximum atomic E-state index is 12.4. The molecule has 0 aliphatic carbocycles. The summed E-state index contributed by atoms with van der Waals surface area (Å²) >= 11 is 0. The van der Waals surface area contributed by atoms with E-state index in [9.17, 15) is 14.7 Å². The molecular formula is C18H15NO6. The second-order valence-corrected chi connectivity index (χ2v) is 5.13. The highest BCUT2D eigenvalue weighted by atomic mass is 16.7. The zero-order valence-corrected chi connectivity index (χ0v) is 13.3. The number of ether oxygens (including phenoxy) is 3. The number of methoxy groups -OCH3 is 1. The molecule has 0 radical (unpaired) electrons. The Labute approximate surface area is 143 Å². The summed E-state index contributed by atoms with van der Waals surface area (Å²) < 4.78 is 15.6. The average Bonchev–Trinajstić information content (AvgIpc) is 3.08. The third-order valence-electron chi connectivity index (χ3n) is 3.54. The number of hydrogen-bond acceptors (Lipinski definition) is 5. The second kappa shape index (κ2) is 6.96. The van der Waals surface area contributed by atoms with Gasteiger partial charge in [0.1, 0.15) is 11.4 Å². The Hall–Kier alpha value is -3.48. The average molecular weight is 341 g/mol. The lowest BCUT2D eigenvalue weighted by Crippen LogP contribution is -2.27. The molecule has 0 saturated carbocycles. The van der Waals surface area contributed by atoms with E-state index in [2.05, 4.69) is 5.32 Å². The van der Waals surface area contributed by atoms with Crippen LogP contribution in [0.4, 0.5) is 0 Å². The van der Waals surface area contributed by atoms with Crippen molar-refractivity contribution in [1.29, 1.82) is 0 Å². The number of amides is 1. The molecule has 0 fully saturated rings. The van der Waals surface area contributed by atoms with Crippen molar-refractivity contribution in [3.8, 4) is 17.2 Å². The van der Waals surface area contributed by atoms with Gasteiger partial charge in [-0.2, -0.15) is 0 Å². The van der Waals surface area contributed by atoms with Gasteiger partial charge in [-0.25, -0.2) is 4.79 Å². The Bertz CT molecular complexity index is 858. The molecule has 1 aliphatic rings. The van der Waals surface area contributed by atoms with E-state index in [1.165, 1.54) is 13.2 Å². The first-order chi connectivity index (χ1) is 12.1. The van der Waals surface area contributed by atoms with E-state index in [1.807, 2.05) is 0 Å². The number of carbonyl (C=O) groups excluding carboxylic acids is 1. The van der Waals surface area contributed by atoms with Crippen LogP contribution in [0.5, 0.6) is 17.2 Å². The molecule has 25 heavy (non-hydrogen) atoms. The van der Waals surface area contributed by atoms with Crippen LogP contribution in [0.3, 0.4) is 0 Å². The number of carboxylic acids is 1. The fraction of sp³-hybridized carbons (Fsp3) is 0.111. The molecule has 7 nitrogen and oxygen atoms in total. The highest BCUT2D eigenvalue weighted by Crippen LogP contribution is 2.33. The third kappa shape index (κ3) is 3.55. The first kappa shape index (κ1) is 16.4. The van der Waals surface area contributed by atoms with Crippen LogP contribution in [0.15, 0.2) is 48.2 Å². The maximum Gasteiger partial charge on any atom is 0.352 e. The largest absolute Gasteiger partial charge is 0.496 e. The molecule has 0 bridgehead atoms. The number of hydrogen-bond donors (Lipinski definition) is 2. The van der Waals surface area contributed by atoms with Crippen molar-refractivity contribution in [3.63, 3.8) is 0 Å². The number of aliphatic carboxylic acids is 1. The predicted molar refractivity (Wildman–Crippen MR) is 88.6 cm³/mol. The van der Waals surface area contributed by atoms with Crippen LogP contribution in [0.2, 0.25) is 0 Å². The van der Waals surface area contributed by atoms with Crippen LogP contribution in [0.25, 0.3) is 6.08 Å². The molecule has 7 heteroatoms. The van der Waals surface area contributed by atoms with Gasteiger partial charge in [-0.05, 0) is 35.9 Å². The van der Waals surface area contributed by atoms with Crippen molar-refractivity contribution >= 4 is 18.0 Å². The lowest BCUT2D eigenvalue weighted by Gasteiger charge is -2.09. The first-order valence-electron chi connectivity index (χ1n) is 7.37. The number of carbonyl (C=O) groups is 2. The minimum Gasteiger partial charge on any atom is -0.496 e. The van der Waals surface area contributed by atoms with Crippen LogP contribution < -0.4 is 19.5 Å². The summed E-state index contributed by atoms with van der Waals surface area (Å²) in [6.07, 6.45) is 1.34. The Morgan fingerprint density at radius 1 is 1.16 bits per heavy atom. The number of benzene rings is 2. The van der Waals surface area contributed by atoms with Crippen molar-refractivity contribution < 1.29 is 28.9 Å². The number of fused-ring (bicyclic) bond motifs is 1. The van der Waals surface area contributed by atoms with E-state index in [0.717, 1.165) is 0 Å². The van der Waals surface area contributed by atoms with Crippen LogP contribution in [0, 0.1) is 0 Å². The zero-order chi connectivity index (χ0) is 17.8. The quantitative estimate of drug-likeness (QED) is 0.811. The van der Waals surface area contributed by atoms with E-state index in [1.54, 1.807) is 42.5 Å². The van der Waals surface area contributed by atoms with Gasteiger partial charge in [-0.3, -0.25) is 4.79 Å². The molecule has 0 atom stereocenters. The Balaban J connectivity index is 1.86. The summed E-state index contributed by atoms with van der Waals surface area (Å²) in [4.78, 5) is 23.9. The fourth-order valence-corrected chi connectivity index (χ4v) is 2.34. The molecule has 3 rings (SSSR count). The fourth-order valence-electron chi connectivity index (χ4n) is 2.34. The Morgan fingerprint density at radius 2 is 1.92 bits per heavy atom. The first-order valence-corrected chi connectivity index (χ1v) is 7.37. The van der Waals surface area contributed by atoms with Gasteiger partial charge in [0.2, 0.25) is 6.79 Å². The van der Waals surface area contributed by atoms with E-state index in [-0.39, 0.29) is 18.1 Å². The van der Waals surface area contributed by atoms with Crippen molar-refractivity contribution in [3.05, 3.63) is 59.3 Å². The van der Waals surface area contributed by atoms with Crippen LogP contribution in [-0.4, -0.2) is 30.9 Å². The highest BCUT2D eigenvalue weighted by molar-refractivity contribution is 6.04. The van der Waals surface area contributed by atoms with Crippen LogP contribution >= 0.6 is 0 Å². The van der Waals surface area contributed by atoms with Crippen molar-refractivity contribution in [1.82, 2.24) is 5.32 Å². The lowest BCUT2D eigenvalue weighted by molar-refractivity contribution is -0.132. The molecule has 1 heterocycles. The van der Waals surface area contributed by atoms with E-state index < -0.39 is 11.9 Å². The van der Waals surface area contributed by atoms with Gasteiger partial charge >= 0.3 is 5.97 Å². The van der Waals surface area contributed by atoms with Gasteiger partial charge in [0, 0.05) is 0 Å². The SMILES string of the molecule is COc1ccccc1C(=O)N/C(=C\c1ccc2c(c1)OCO2)C(=O)O. The Kier molecular flexibility index (Phi) is 4.56. The van der Waals surface area contributed by atoms with E-state index in [0.29, 0.717) is 22.8 Å². The molecule has 1 amide bonds. The molecule has 128 valence electrons. The van der Waals surface area contributed by atoms with Gasteiger partial charge in [0.15, 0.2) is 11.5 Å². The highest BCUT2D eigenvalue weighted by Gasteiger charge is 2.18. The number of carboxylic acid groups (broad SMARTS) is 1. The molecule has 0 saturated heterocycles. The second-order valence-electron chi connectivity index (χ2n) is 5.13. The monoisotopic (exact) mass is 341 g/mol. The maximum absolute atomic E-state index is 12.4. The summed E-state index contributed by atoms with van der Waals surface area (Å²) in [5.41, 5.74) is 0.527. The Morgan fingerprint density at radius 3 is 2.68 bits per heavy atom.